The van der Waals surface area contributed by atoms with Crippen LogP contribution in [0.2, 0.25) is 0 Å². The average Bonchev–Trinajstić information content (AvgIpc) is 2.45. The zero-order valence-corrected chi connectivity index (χ0v) is 12.8. The van der Waals surface area contributed by atoms with E-state index in [2.05, 4.69) is 26.0 Å². The van der Waals surface area contributed by atoms with Gasteiger partial charge in [-0.3, -0.25) is 0 Å². The minimum atomic E-state index is -0.267. The summed E-state index contributed by atoms with van der Waals surface area (Å²) in [6.45, 7) is 6.82. The smallest absolute Gasteiger partial charge is 0.130 e. The fraction of sp³-hybridized carbons (Fsp3) is 0.333. The first-order valence-corrected chi connectivity index (χ1v) is 7.22. The molecule has 0 spiro atoms. The Balaban J connectivity index is 2.18. The topological polar surface area (TPSA) is 35.2 Å². The SMILES string of the molecule is Cc1ccc(C(C)C)c(OCc2ccc(CN)cc2F)c1. The van der Waals surface area contributed by atoms with Crippen LogP contribution in [0.25, 0.3) is 0 Å². The fourth-order valence-corrected chi connectivity index (χ4v) is 2.23. The summed E-state index contributed by atoms with van der Waals surface area (Å²) in [5, 5.41) is 0. The Kier molecular flexibility index (Phi) is 4.97. The summed E-state index contributed by atoms with van der Waals surface area (Å²) in [6, 6.07) is 11.2. The van der Waals surface area contributed by atoms with Gasteiger partial charge in [0.1, 0.15) is 18.2 Å². The van der Waals surface area contributed by atoms with Crippen LogP contribution in [0.3, 0.4) is 0 Å². The quantitative estimate of drug-likeness (QED) is 0.890. The van der Waals surface area contributed by atoms with Crippen LogP contribution in [0, 0.1) is 12.7 Å². The lowest BCUT2D eigenvalue weighted by atomic mass is 10.0. The predicted octanol–water partition coefficient (Wildman–Crippen LogP) is 4.30. The zero-order chi connectivity index (χ0) is 15.4. The third-order valence-corrected chi connectivity index (χ3v) is 3.53. The van der Waals surface area contributed by atoms with Crippen molar-refractivity contribution in [1.82, 2.24) is 0 Å². The Morgan fingerprint density at radius 1 is 1.14 bits per heavy atom. The average molecular weight is 287 g/mol. The summed E-state index contributed by atoms with van der Waals surface area (Å²) in [5.74, 6) is 0.925. The highest BCUT2D eigenvalue weighted by Crippen LogP contribution is 2.28. The first kappa shape index (κ1) is 15.5. The summed E-state index contributed by atoms with van der Waals surface area (Å²) in [4.78, 5) is 0. The molecule has 0 amide bonds. The largest absolute Gasteiger partial charge is 0.488 e. The summed E-state index contributed by atoms with van der Waals surface area (Å²) in [5.41, 5.74) is 9.11. The molecule has 0 heterocycles. The molecular formula is C18H22FNO. The van der Waals surface area contributed by atoms with Crippen LogP contribution in [-0.2, 0) is 13.2 Å². The van der Waals surface area contributed by atoms with Crippen molar-refractivity contribution >= 4 is 0 Å². The Hall–Kier alpha value is -1.87. The molecule has 2 nitrogen and oxygen atoms in total. The maximum atomic E-state index is 13.9. The molecule has 0 bridgehead atoms. The first-order chi connectivity index (χ1) is 10.0. The third-order valence-electron chi connectivity index (χ3n) is 3.53. The number of hydrogen-bond acceptors (Lipinski definition) is 2. The Morgan fingerprint density at radius 2 is 1.90 bits per heavy atom. The van der Waals surface area contributed by atoms with Gasteiger partial charge < -0.3 is 10.5 Å². The van der Waals surface area contributed by atoms with E-state index in [-0.39, 0.29) is 12.4 Å². The van der Waals surface area contributed by atoms with Crippen molar-refractivity contribution in [2.45, 2.75) is 39.8 Å². The van der Waals surface area contributed by atoms with Crippen molar-refractivity contribution in [2.75, 3.05) is 0 Å². The predicted molar refractivity (Wildman–Crippen MR) is 83.9 cm³/mol. The van der Waals surface area contributed by atoms with E-state index in [1.807, 2.05) is 19.1 Å². The van der Waals surface area contributed by atoms with Gasteiger partial charge in [0, 0.05) is 12.1 Å². The lowest BCUT2D eigenvalue weighted by Crippen LogP contribution is -2.04. The van der Waals surface area contributed by atoms with Crippen LogP contribution in [0.4, 0.5) is 4.39 Å². The molecule has 0 aliphatic heterocycles. The highest BCUT2D eigenvalue weighted by Gasteiger charge is 2.10. The normalized spacial score (nSPS) is 11.0. The monoisotopic (exact) mass is 287 g/mol. The number of rotatable bonds is 5. The highest BCUT2D eigenvalue weighted by atomic mass is 19.1. The second-order valence-electron chi connectivity index (χ2n) is 5.61. The summed E-state index contributed by atoms with van der Waals surface area (Å²) in [6.07, 6.45) is 0. The molecule has 21 heavy (non-hydrogen) atoms. The van der Waals surface area contributed by atoms with Gasteiger partial charge in [0.25, 0.3) is 0 Å². The molecule has 2 aromatic rings. The minimum Gasteiger partial charge on any atom is -0.488 e. The number of halogens is 1. The Morgan fingerprint density at radius 3 is 2.52 bits per heavy atom. The molecule has 0 fully saturated rings. The molecule has 0 atom stereocenters. The highest BCUT2D eigenvalue weighted by molar-refractivity contribution is 5.39. The van der Waals surface area contributed by atoms with E-state index in [9.17, 15) is 4.39 Å². The van der Waals surface area contributed by atoms with Crippen molar-refractivity contribution in [3.63, 3.8) is 0 Å². The van der Waals surface area contributed by atoms with Crippen LogP contribution in [0.1, 0.15) is 42.0 Å². The fourth-order valence-electron chi connectivity index (χ4n) is 2.23. The molecule has 2 rings (SSSR count). The van der Waals surface area contributed by atoms with E-state index in [1.165, 1.54) is 6.07 Å². The molecule has 0 aromatic heterocycles. The molecule has 0 radical (unpaired) electrons. The van der Waals surface area contributed by atoms with E-state index in [0.29, 0.717) is 18.0 Å². The van der Waals surface area contributed by atoms with Crippen LogP contribution in [0.5, 0.6) is 5.75 Å². The van der Waals surface area contributed by atoms with E-state index in [0.717, 1.165) is 22.4 Å². The third kappa shape index (κ3) is 3.82. The number of benzene rings is 2. The van der Waals surface area contributed by atoms with Gasteiger partial charge in [-0.15, -0.1) is 0 Å². The van der Waals surface area contributed by atoms with E-state index >= 15 is 0 Å². The van der Waals surface area contributed by atoms with Crippen molar-refractivity contribution < 1.29 is 9.13 Å². The van der Waals surface area contributed by atoms with E-state index in [4.69, 9.17) is 10.5 Å². The lowest BCUT2D eigenvalue weighted by Gasteiger charge is -2.15. The van der Waals surface area contributed by atoms with Crippen molar-refractivity contribution in [3.8, 4) is 5.75 Å². The molecule has 112 valence electrons. The lowest BCUT2D eigenvalue weighted by molar-refractivity contribution is 0.295. The van der Waals surface area contributed by atoms with Gasteiger partial charge in [0.2, 0.25) is 0 Å². The molecule has 0 aliphatic rings. The van der Waals surface area contributed by atoms with Crippen molar-refractivity contribution in [1.29, 1.82) is 0 Å². The van der Waals surface area contributed by atoms with Gasteiger partial charge >= 0.3 is 0 Å². The summed E-state index contributed by atoms with van der Waals surface area (Å²) < 4.78 is 19.8. The molecular weight excluding hydrogens is 265 g/mol. The van der Waals surface area contributed by atoms with Crippen molar-refractivity contribution in [2.24, 2.45) is 5.73 Å². The summed E-state index contributed by atoms with van der Waals surface area (Å²) in [7, 11) is 0. The van der Waals surface area contributed by atoms with Gasteiger partial charge in [0.05, 0.1) is 0 Å². The van der Waals surface area contributed by atoms with Gasteiger partial charge in [-0.1, -0.05) is 38.1 Å². The molecule has 3 heteroatoms. The zero-order valence-electron chi connectivity index (χ0n) is 12.8. The number of aryl methyl sites for hydroxylation is 1. The number of nitrogens with two attached hydrogens (primary N) is 1. The minimum absolute atomic E-state index is 0.222. The maximum Gasteiger partial charge on any atom is 0.130 e. The first-order valence-electron chi connectivity index (χ1n) is 7.22. The van der Waals surface area contributed by atoms with Gasteiger partial charge in [-0.05, 0) is 41.7 Å². The van der Waals surface area contributed by atoms with Crippen LogP contribution in [0.15, 0.2) is 36.4 Å². The van der Waals surface area contributed by atoms with Gasteiger partial charge in [-0.25, -0.2) is 4.39 Å². The number of hydrogen-bond donors (Lipinski definition) is 1. The summed E-state index contributed by atoms with van der Waals surface area (Å²) >= 11 is 0. The second kappa shape index (κ2) is 6.72. The molecule has 2 aromatic carbocycles. The van der Waals surface area contributed by atoms with Crippen LogP contribution < -0.4 is 10.5 Å². The maximum absolute atomic E-state index is 13.9. The van der Waals surface area contributed by atoms with E-state index in [1.54, 1.807) is 6.07 Å². The molecule has 0 saturated carbocycles. The van der Waals surface area contributed by atoms with Gasteiger partial charge in [-0.2, -0.15) is 0 Å². The number of ether oxygens (including phenoxy) is 1. The molecule has 2 N–H and O–H groups in total. The van der Waals surface area contributed by atoms with Gasteiger partial charge in [0.15, 0.2) is 0 Å². The van der Waals surface area contributed by atoms with E-state index < -0.39 is 0 Å². The molecule has 0 aliphatic carbocycles. The molecule has 0 saturated heterocycles. The van der Waals surface area contributed by atoms with Crippen LogP contribution >= 0.6 is 0 Å². The van der Waals surface area contributed by atoms with Crippen molar-refractivity contribution in [3.05, 3.63) is 64.5 Å². The standard InChI is InChI=1S/C18H22FNO/c1-12(2)16-7-4-13(3)8-18(16)21-11-15-6-5-14(10-20)9-17(15)19/h4-9,12H,10-11,20H2,1-3H3. The van der Waals surface area contributed by atoms with Crippen LogP contribution in [-0.4, -0.2) is 0 Å². The second-order valence-corrected chi connectivity index (χ2v) is 5.61. The Labute approximate surface area is 125 Å². The molecule has 0 unspecified atom stereocenters. The Bertz CT molecular complexity index is 623.